The quantitative estimate of drug-likeness (QED) is 0.321. The number of hydrogen-bond acceptors (Lipinski definition) is 4. The van der Waals surface area contributed by atoms with Crippen LogP contribution in [0, 0.1) is 40.9 Å². The minimum absolute atomic E-state index is 0.0159. The van der Waals surface area contributed by atoms with E-state index in [4.69, 9.17) is 11.7 Å². The molecule has 5 nitrogen and oxygen atoms in total. The third-order valence-electron chi connectivity index (χ3n) is 9.61. The maximum atomic E-state index is 16.3. The zero-order valence-corrected chi connectivity index (χ0v) is 18.4. The second-order valence-corrected chi connectivity index (χ2v) is 10.9. The Morgan fingerprint density at radius 3 is 2.62 bits per heavy atom. The molecule has 8 atom stereocenters. The van der Waals surface area contributed by atoms with Gasteiger partial charge in [-0.1, -0.05) is 13.8 Å². The number of ketones is 1. The van der Waals surface area contributed by atoms with E-state index in [0.29, 0.717) is 23.6 Å². The minimum atomic E-state index is -0.957. The van der Waals surface area contributed by atoms with E-state index in [1.54, 1.807) is 6.92 Å². The van der Waals surface area contributed by atoms with E-state index in [9.17, 15) is 4.79 Å². The van der Waals surface area contributed by atoms with Gasteiger partial charge in [0.05, 0.1) is 6.54 Å². The zero-order valence-electron chi connectivity index (χ0n) is 18.4. The molecule has 4 saturated carbocycles. The molecule has 2 unspecified atom stereocenters. The lowest BCUT2D eigenvalue weighted by Crippen LogP contribution is -2.57. The van der Waals surface area contributed by atoms with Gasteiger partial charge in [-0.25, -0.2) is 10.2 Å². The summed E-state index contributed by atoms with van der Waals surface area (Å²) in [5.41, 5.74) is -0.973. The van der Waals surface area contributed by atoms with Crippen LogP contribution in [0.15, 0.2) is 5.10 Å². The number of halogens is 1. The lowest BCUT2D eigenvalue weighted by atomic mass is 9.48. The summed E-state index contributed by atoms with van der Waals surface area (Å²) in [4.78, 5) is 13.1. The van der Waals surface area contributed by atoms with E-state index in [-0.39, 0.29) is 35.5 Å². The Morgan fingerprint density at radius 1 is 1.14 bits per heavy atom. The fourth-order valence-corrected chi connectivity index (χ4v) is 7.99. The standard InChI is InChI=1S/C23H39FN4O/c1-14-8-11-23(24)16(12-14)4-5-17-18-6-7-20(22(18,3)10-9-19(17)23)21(29)13-28(26)15(2)27-25/h14,16-20H,4-13,25-26H2,1-3H3/b27-15-/t14-,16+,17-,18?,19?,20+,22-,23+/m0/s1. The SMILES string of the molecule is C/C(=N/N)N(N)CC(=O)[C@H]1CCC2[C@@H]3CC[C@@H]4C[C@@H](C)CC[C@]4(F)C3CC[C@@]21C. The number of carbonyl (C=O) groups excluding carboxylic acids is 1. The summed E-state index contributed by atoms with van der Waals surface area (Å²) in [6.07, 6.45) is 8.93. The first-order valence-electron chi connectivity index (χ1n) is 11.7. The summed E-state index contributed by atoms with van der Waals surface area (Å²) >= 11 is 0. The van der Waals surface area contributed by atoms with Gasteiger partial charge >= 0.3 is 0 Å². The molecule has 4 rings (SSSR count). The van der Waals surface area contributed by atoms with Crippen molar-refractivity contribution in [3.05, 3.63) is 0 Å². The molecule has 0 bridgehead atoms. The van der Waals surface area contributed by atoms with Crippen LogP contribution in [0.1, 0.15) is 78.6 Å². The first kappa shape index (κ1) is 21.1. The van der Waals surface area contributed by atoms with Crippen molar-refractivity contribution in [1.29, 1.82) is 0 Å². The first-order chi connectivity index (χ1) is 13.7. The van der Waals surface area contributed by atoms with Crippen molar-refractivity contribution < 1.29 is 9.18 Å². The second-order valence-electron chi connectivity index (χ2n) is 10.9. The minimum Gasteiger partial charge on any atom is -0.322 e. The van der Waals surface area contributed by atoms with Crippen molar-refractivity contribution in [2.75, 3.05) is 6.54 Å². The highest BCUT2D eigenvalue weighted by atomic mass is 19.1. The summed E-state index contributed by atoms with van der Waals surface area (Å²) in [5.74, 6) is 14.0. The summed E-state index contributed by atoms with van der Waals surface area (Å²) < 4.78 is 16.3. The van der Waals surface area contributed by atoms with Crippen LogP contribution in [0.2, 0.25) is 0 Å². The molecule has 4 aliphatic carbocycles. The molecule has 0 aromatic rings. The fourth-order valence-electron chi connectivity index (χ4n) is 7.99. The Kier molecular flexibility index (Phi) is 5.46. The molecular formula is C23H39FN4O. The predicted molar refractivity (Wildman–Crippen MR) is 113 cm³/mol. The molecule has 29 heavy (non-hydrogen) atoms. The summed E-state index contributed by atoms with van der Waals surface area (Å²) in [7, 11) is 0. The average molecular weight is 407 g/mol. The van der Waals surface area contributed by atoms with Gasteiger partial charge in [0, 0.05) is 5.92 Å². The largest absolute Gasteiger partial charge is 0.322 e. The lowest BCUT2D eigenvalue weighted by Gasteiger charge is -2.58. The number of hydrazine groups is 1. The maximum Gasteiger partial charge on any atom is 0.157 e. The number of amidine groups is 1. The Labute approximate surface area is 174 Å². The van der Waals surface area contributed by atoms with E-state index in [1.165, 1.54) is 5.01 Å². The molecular weight excluding hydrogens is 367 g/mol. The number of carbonyl (C=O) groups is 1. The van der Waals surface area contributed by atoms with Gasteiger partial charge < -0.3 is 5.84 Å². The van der Waals surface area contributed by atoms with Crippen LogP contribution in [-0.4, -0.2) is 28.8 Å². The topological polar surface area (TPSA) is 84.7 Å². The number of Topliss-reactive ketones (excluding diaryl/α,β-unsaturated/α-hetero) is 1. The molecule has 0 saturated heterocycles. The molecule has 0 heterocycles. The van der Waals surface area contributed by atoms with E-state index in [1.807, 2.05) is 0 Å². The number of alkyl halides is 1. The van der Waals surface area contributed by atoms with Crippen molar-refractivity contribution in [3.63, 3.8) is 0 Å². The van der Waals surface area contributed by atoms with Crippen molar-refractivity contribution in [3.8, 4) is 0 Å². The van der Waals surface area contributed by atoms with E-state index >= 15 is 4.39 Å². The van der Waals surface area contributed by atoms with Gasteiger partial charge in [-0.05, 0) is 99.7 Å². The van der Waals surface area contributed by atoms with Gasteiger partial charge in [0.25, 0.3) is 0 Å². The monoisotopic (exact) mass is 406 g/mol. The van der Waals surface area contributed by atoms with Crippen molar-refractivity contribution in [2.24, 2.45) is 57.7 Å². The molecule has 6 heteroatoms. The Morgan fingerprint density at radius 2 is 1.90 bits per heavy atom. The molecule has 4 N–H and O–H groups in total. The normalized spacial score (nSPS) is 47.1. The second kappa shape index (κ2) is 7.51. The van der Waals surface area contributed by atoms with Crippen LogP contribution in [0.25, 0.3) is 0 Å². The van der Waals surface area contributed by atoms with Gasteiger partial charge in [0.1, 0.15) is 11.5 Å². The van der Waals surface area contributed by atoms with Crippen LogP contribution in [-0.2, 0) is 4.79 Å². The Bertz CT molecular complexity index is 684. The first-order valence-corrected chi connectivity index (χ1v) is 11.7. The lowest BCUT2D eigenvalue weighted by molar-refractivity contribution is -0.146. The third kappa shape index (κ3) is 3.30. The van der Waals surface area contributed by atoms with Crippen molar-refractivity contribution >= 4 is 11.6 Å². The molecule has 4 aliphatic rings. The van der Waals surface area contributed by atoms with Crippen molar-refractivity contribution in [1.82, 2.24) is 5.01 Å². The Balaban J connectivity index is 1.51. The van der Waals surface area contributed by atoms with Crippen LogP contribution in [0.5, 0.6) is 0 Å². The summed E-state index contributed by atoms with van der Waals surface area (Å²) in [5, 5.41) is 4.95. The van der Waals surface area contributed by atoms with E-state index in [0.717, 1.165) is 57.8 Å². The molecule has 0 radical (unpaired) electrons. The summed E-state index contributed by atoms with van der Waals surface area (Å²) in [6, 6.07) is 0. The van der Waals surface area contributed by atoms with Gasteiger partial charge in [-0.15, -0.1) is 0 Å². The number of nitrogens with two attached hydrogens (primary N) is 2. The van der Waals surface area contributed by atoms with Crippen LogP contribution in [0.3, 0.4) is 0 Å². The predicted octanol–water partition coefficient (Wildman–Crippen LogP) is 4.02. The molecule has 0 aromatic heterocycles. The number of hydrogen-bond donors (Lipinski definition) is 2. The number of fused-ring (bicyclic) bond motifs is 5. The molecule has 4 fully saturated rings. The van der Waals surface area contributed by atoms with E-state index in [2.05, 4.69) is 18.9 Å². The third-order valence-corrected chi connectivity index (χ3v) is 9.61. The van der Waals surface area contributed by atoms with Gasteiger partial charge in [0.15, 0.2) is 5.78 Å². The van der Waals surface area contributed by atoms with Gasteiger partial charge in [-0.2, -0.15) is 5.10 Å². The number of hydrazone groups is 1. The highest BCUT2D eigenvalue weighted by Gasteiger charge is 2.62. The number of nitrogens with zero attached hydrogens (tertiary/aromatic N) is 2. The molecule has 0 aliphatic heterocycles. The molecule has 164 valence electrons. The zero-order chi connectivity index (χ0) is 21.0. The highest BCUT2D eigenvalue weighted by molar-refractivity contribution is 5.89. The molecule has 0 spiro atoms. The maximum absolute atomic E-state index is 16.3. The van der Waals surface area contributed by atoms with Crippen molar-refractivity contribution in [2.45, 2.75) is 84.2 Å². The van der Waals surface area contributed by atoms with Gasteiger partial charge in [0.2, 0.25) is 0 Å². The van der Waals surface area contributed by atoms with Gasteiger partial charge in [-0.3, -0.25) is 9.80 Å². The van der Waals surface area contributed by atoms with E-state index < -0.39 is 5.67 Å². The summed E-state index contributed by atoms with van der Waals surface area (Å²) in [6.45, 7) is 6.45. The van der Waals surface area contributed by atoms with Crippen LogP contribution >= 0.6 is 0 Å². The molecule has 0 aromatic carbocycles. The van der Waals surface area contributed by atoms with Crippen LogP contribution in [0.4, 0.5) is 4.39 Å². The smallest absolute Gasteiger partial charge is 0.157 e. The fraction of sp³-hybridized carbons (Fsp3) is 0.913. The average Bonchev–Trinajstić information content (AvgIpc) is 3.05. The van der Waals surface area contributed by atoms with Crippen LogP contribution < -0.4 is 11.7 Å². The number of rotatable bonds is 3. The highest BCUT2D eigenvalue weighted by Crippen LogP contribution is 2.66. The Hall–Kier alpha value is -1.17. The molecule has 0 amide bonds.